The van der Waals surface area contributed by atoms with Crippen LogP contribution in [0.25, 0.3) is 0 Å². The summed E-state index contributed by atoms with van der Waals surface area (Å²) in [4.78, 5) is 31.8. The molecule has 23 heavy (non-hydrogen) atoms. The highest BCUT2D eigenvalue weighted by Crippen LogP contribution is 2.15. The number of benzene rings is 2. The van der Waals surface area contributed by atoms with Gasteiger partial charge in [-0.3, -0.25) is 14.6 Å². The highest BCUT2D eigenvalue weighted by molar-refractivity contribution is 6.08. The Balaban J connectivity index is 0.000000593. The zero-order chi connectivity index (χ0) is 17.1. The molecule has 0 saturated heterocycles. The van der Waals surface area contributed by atoms with Gasteiger partial charge in [-0.2, -0.15) is 0 Å². The monoisotopic (exact) mass is 318 g/mol. The Morgan fingerprint density at radius 2 is 1.39 bits per heavy atom. The van der Waals surface area contributed by atoms with Crippen molar-refractivity contribution in [1.29, 1.82) is 0 Å². The maximum Gasteiger partial charge on any atom is 0.352 e. The Morgan fingerprint density at radius 3 is 1.87 bits per heavy atom. The lowest BCUT2D eigenvalue weighted by atomic mass is 10.0. The quantitative estimate of drug-likeness (QED) is 0.495. The number of carbonyl (C=O) groups excluding carboxylic acids is 2. The number of hydrogen-bond donors (Lipinski definition) is 2. The lowest BCUT2D eigenvalue weighted by molar-refractivity contribution is -0.210. The number of hydrogen-bond acceptors (Lipinski definition) is 6. The van der Waals surface area contributed by atoms with Gasteiger partial charge >= 0.3 is 5.97 Å². The minimum atomic E-state index is -0.538. The van der Waals surface area contributed by atoms with Crippen molar-refractivity contribution in [3.8, 4) is 5.75 Å². The van der Waals surface area contributed by atoms with E-state index in [1.807, 2.05) is 18.2 Å². The lowest BCUT2D eigenvalue weighted by Gasteiger charge is -2.04. The molecule has 0 heterocycles. The highest BCUT2D eigenvalue weighted by Gasteiger charge is 2.08. The minimum Gasteiger partial charge on any atom is -0.394 e. The Morgan fingerprint density at radius 1 is 0.870 bits per heavy atom. The molecule has 0 saturated carbocycles. The van der Waals surface area contributed by atoms with Crippen molar-refractivity contribution in [1.82, 2.24) is 0 Å². The molecule has 0 bridgehead atoms. The van der Waals surface area contributed by atoms with E-state index in [9.17, 15) is 9.59 Å². The number of ketones is 1. The maximum absolute atomic E-state index is 12.1. The first-order chi connectivity index (χ1) is 11.1. The van der Waals surface area contributed by atoms with E-state index in [4.69, 9.17) is 15.1 Å². The Bertz CT molecular complexity index is 605. The van der Waals surface area contributed by atoms with Crippen LogP contribution in [0.2, 0.25) is 0 Å². The molecule has 0 unspecified atom stereocenters. The standard InChI is InChI=1S/C15H12O4.C2H6O2/c1-11(16)18-19-14-9-7-13(8-10-14)15(17)12-5-3-2-4-6-12;3-1-2-4/h2-10H,1H3;3-4H,1-2H2. The van der Waals surface area contributed by atoms with Crippen molar-refractivity contribution in [2.24, 2.45) is 0 Å². The summed E-state index contributed by atoms with van der Waals surface area (Å²) >= 11 is 0. The van der Waals surface area contributed by atoms with Crippen molar-refractivity contribution in [2.75, 3.05) is 13.2 Å². The molecule has 0 atom stereocenters. The fraction of sp³-hybridized carbons (Fsp3) is 0.176. The van der Waals surface area contributed by atoms with Gasteiger partial charge in [0.05, 0.1) is 13.2 Å². The van der Waals surface area contributed by atoms with Gasteiger partial charge in [-0.25, -0.2) is 4.79 Å². The van der Waals surface area contributed by atoms with Crippen molar-refractivity contribution in [2.45, 2.75) is 6.92 Å². The van der Waals surface area contributed by atoms with E-state index in [2.05, 4.69) is 4.89 Å². The van der Waals surface area contributed by atoms with Crippen molar-refractivity contribution in [3.63, 3.8) is 0 Å². The van der Waals surface area contributed by atoms with Crippen LogP contribution in [-0.2, 0) is 9.68 Å². The third-order valence-electron chi connectivity index (χ3n) is 2.51. The van der Waals surface area contributed by atoms with Crippen LogP contribution in [0.5, 0.6) is 5.75 Å². The summed E-state index contributed by atoms with van der Waals surface area (Å²) in [7, 11) is 0. The Kier molecular flexibility index (Phi) is 8.06. The molecule has 2 aromatic rings. The largest absolute Gasteiger partial charge is 0.394 e. The van der Waals surface area contributed by atoms with Gasteiger partial charge in [0.1, 0.15) is 0 Å². The van der Waals surface area contributed by atoms with E-state index >= 15 is 0 Å². The summed E-state index contributed by atoms with van der Waals surface area (Å²) < 4.78 is 0. The Hall–Kier alpha value is -2.70. The van der Waals surface area contributed by atoms with Gasteiger partial charge in [0.25, 0.3) is 0 Å². The molecule has 0 spiro atoms. The van der Waals surface area contributed by atoms with Gasteiger partial charge in [0, 0.05) is 18.1 Å². The molecule has 0 fully saturated rings. The van der Waals surface area contributed by atoms with E-state index in [0.29, 0.717) is 16.9 Å². The maximum atomic E-state index is 12.1. The van der Waals surface area contributed by atoms with Gasteiger partial charge in [0.15, 0.2) is 11.5 Å². The average molecular weight is 318 g/mol. The fourth-order valence-corrected chi connectivity index (χ4v) is 1.52. The number of aliphatic hydroxyl groups excluding tert-OH is 2. The van der Waals surface area contributed by atoms with E-state index in [1.54, 1.807) is 36.4 Å². The molecule has 0 aromatic heterocycles. The van der Waals surface area contributed by atoms with Crippen LogP contribution in [-0.4, -0.2) is 35.2 Å². The van der Waals surface area contributed by atoms with E-state index < -0.39 is 5.97 Å². The molecule has 0 aliphatic carbocycles. The molecular weight excluding hydrogens is 300 g/mol. The van der Waals surface area contributed by atoms with E-state index in [-0.39, 0.29) is 19.0 Å². The number of aliphatic hydroxyl groups is 2. The van der Waals surface area contributed by atoms with Crippen LogP contribution in [0.1, 0.15) is 22.8 Å². The molecule has 0 aliphatic rings. The zero-order valence-electron chi connectivity index (χ0n) is 12.6. The predicted octanol–water partition coefficient (Wildman–Crippen LogP) is 1.75. The fourth-order valence-electron chi connectivity index (χ4n) is 1.52. The first kappa shape index (κ1) is 18.3. The van der Waals surface area contributed by atoms with E-state index in [0.717, 1.165) is 0 Å². The summed E-state index contributed by atoms with van der Waals surface area (Å²) in [6, 6.07) is 15.4. The predicted molar refractivity (Wildman–Crippen MR) is 82.9 cm³/mol. The summed E-state index contributed by atoms with van der Waals surface area (Å²) in [6.07, 6.45) is 0. The van der Waals surface area contributed by atoms with Crippen molar-refractivity contribution < 1.29 is 29.6 Å². The van der Waals surface area contributed by atoms with Crippen molar-refractivity contribution in [3.05, 3.63) is 65.7 Å². The second-order valence-corrected chi connectivity index (χ2v) is 4.32. The first-order valence-corrected chi connectivity index (χ1v) is 6.85. The number of rotatable bonds is 5. The second-order valence-electron chi connectivity index (χ2n) is 4.32. The molecule has 2 aromatic carbocycles. The normalized spacial score (nSPS) is 9.35. The minimum absolute atomic E-state index is 0.0698. The summed E-state index contributed by atoms with van der Waals surface area (Å²) in [5.41, 5.74) is 1.16. The summed E-state index contributed by atoms with van der Waals surface area (Å²) in [5, 5.41) is 15.2. The summed E-state index contributed by atoms with van der Waals surface area (Å²) in [6.45, 7) is 0.993. The topological polar surface area (TPSA) is 93.1 Å². The second kappa shape index (κ2) is 10.1. The zero-order valence-corrected chi connectivity index (χ0v) is 12.6. The van der Waals surface area contributed by atoms with Crippen LogP contribution >= 0.6 is 0 Å². The number of carbonyl (C=O) groups is 2. The molecule has 0 amide bonds. The molecule has 0 radical (unpaired) electrons. The highest BCUT2D eigenvalue weighted by atomic mass is 17.2. The van der Waals surface area contributed by atoms with Crippen LogP contribution in [0, 0.1) is 0 Å². The Labute approximate surface area is 133 Å². The van der Waals surface area contributed by atoms with Gasteiger partial charge in [0.2, 0.25) is 0 Å². The average Bonchev–Trinajstić information content (AvgIpc) is 2.60. The van der Waals surface area contributed by atoms with Crippen LogP contribution < -0.4 is 4.89 Å². The molecule has 6 heteroatoms. The van der Waals surface area contributed by atoms with Gasteiger partial charge < -0.3 is 10.2 Å². The molecule has 6 nitrogen and oxygen atoms in total. The molecule has 2 N–H and O–H groups in total. The third kappa shape index (κ3) is 6.73. The van der Waals surface area contributed by atoms with Gasteiger partial charge in [-0.05, 0) is 24.3 Å². The van der Waals surface area contributed by atoms with Crippen LogP contribution in [0.4, 0.5) is 0 Å². The third-order valence-corrected chi connectivity index (χ3v) is 2.51. The molecule has 122 valence electrons. The smallest absolute Gasteiger partial charge is 0.352 e. The van der Waals surface area contributed by atoms with Crippen LogP contribution in [0.3, 0.4) is 0 Å². The SMILES string of the molecule is CC(=O)OOc1ccc(C(=O)c2ccccc2)cc1.OCCO. The molecule has 2 rings (SSSR count). The summed E-state index contributed by atoms with van der Waals surface area (Å²) in [5.74, 6) is -0.246. The molecule has 0 aliphatic heterocycles. The first-order valence-electron chi connectivity index (χ1n) is 6.85. The van der Waals surface area contributed by atoms with Gasteiger partial charge in [-0.1, -0.05) is 30.3 Å². The van der Waals surface area contributed by atoms with E-state index in [1.165, 1.54) is 6.92 Å². The molecular formula is C17H18O6. The van der Waals surface area contributed by atoms with Crippen LogP contribution in [0.15, 0.2) is 54.6 Å². The van der Waals surface area contributed by atoms with Crippen molar-refractivity contribution >= 4 is 11.8 Å². The lowest BCUT2D eigenvalue weighted by Crippen LogP contribution is -2.04. The van der Waals surface area contributed by atoms with Gasteiger partial charge in [-0.15, -0.1) is 0 Å².